The molecule has 1 aliphatic carbocycles. The van der Waals surface area contributed by atoms with Crippen molar-refractivity contribution in [1.82, 2.24) is 9.97 Å². The molecule has 0 aromatic carbocycles. The van der Waals surface area contributed by atoms with Gasteiger partial charge in [0.05, 0.1) is 6.20 Å². The SMILES string of the molecule is C[C@H](Nc1ncc(F)c(N(C)C)n1)C1=CCCCC1. The first-order chi connectivity index (χ1) is 9.08. The maximum Gasteiger partial charge on any atom is 0.225 e. The van der Waals surface area contributed by atoms with E-state index in [0.29, 0.717) is 11.8 Å². The highest BCUT2D eigenvalue weighted by Gasteiger charge is 2.14. The molecular formula is C14H21FN4. The maximum atomic E-state index is 13.5. The zero-order valence-electron chi connectivity index (χ0n) is 11.8. The van der Waals surface area contributed by atoms with Crippen LogP contribution in [0.5, 0.6) is 0 Å². The van der Waals surface area contributed by atoms with Crippen LogP contribution in [0.1, 0.15) is 32.6 Å². The lowest BCUT2D eigenvalue weighted by Gasteiger charge is -2.21. The van der Waals surface area contributed by atoms with Gasteiger partial charge in [0.15, 0.2) is 11.6 Å². The van der Waals surface area contributed by atoms with Gasteiger partial charge in [0.2, 0.25) is 5.95 Å². The van der Waals surface area contributed by atoms with Crippen molar-refractivity contribution in [2.45, 2.75) is 38.6 Å². The highest BCUT2D eigenvalue weighted by molar-refractivity contribution is 5.43. The number of hydrogen-bond acceptors (Lipinski definition) is 4. The van der Waals surface area contributed by atoms with Gasteiger partial charge in [0.25, 0.3) is 0 Å². The Balaban J connectivity index is 2.10. The lowest BCUT2D eigenvalue weighted by atomic mass is 9.95. The molecule has 1 N–H and O–H groups in total. The third kappa shape index (κ3) is 3.43. The third-order valence-electron chi connectivity index (χ3n) is 3.38. The molecule has 0 bridgehead atoms. The molecule has 1 aromatic heterocycles. The minimum Gasteiger partial charge on any atom is -0.360 e. The van der Waals surface area contributed by atoms with Crippen LogP contribution in [-0.4, -0.2) is 30.1 Å². The fourth-order valence-electron chi connectivity index (χ4n) is 2.28. The van der Waals surface area contributed by atoms with Gasteiger partial charge >= 0.3 is 0 Å². The Bertz CT molecular complexity index is 471. The molecular weight excluding hydrogens is 243 g/mol. The standard InChI is InChI=1S/C14H21FN4/c1-10(11-7-5-4-6-8-11)17-14-16-9-12(15)13(18-14)19(2)3/h7,9-10H,4-6,8H2,1-3H3,(H,16,17,18)/t10-/m0/s1. The summed E-state index contributed by atoms with van der Waals surface area (Å²) in [6.07, 6.45) is 8.29. The minimum absolute atomic E-state index is 0.195. The molecule has 19 heavy (non-hydrogen) atoms. The Kier molecular flexibility index (Phi) is 4.35. The van der Waals surface area contributed by atoms with Crippen molar-refractivity contribution in [3.05, 3.63) is 23.7 Å². The summed E-state index contributed by atoms with van der Waals surface area (Å²) in [4.78, 5) is 9.86. The minimum atomic E-state index is -0.403. The van der Waals surface area contributed by atoms with Crippen molar-refractivity contribution >= 4 is 11.8 Å². The summed E-state index contributed by atoms with van der Waals surface area (Å²) >= 11 is 0. The van der Waals surface area contributed by atoms with Crippen molar-refractivity contribution in [3.63, 3.8) is 0 Å². The zero-order chi connectivity index (χ0) is 13.8. The molecule has 0 amide bonds. The van der Waals surface area contributed by atoms with E-state index in [0.717, 1.165) is 12.8 Å². The summed E-state index contributed by atoms with van der Waals surface area (Å²) in [5.41, 5.74) is 1.39. The van der Waals surface area contributed by atoms with Crippen LogP contribution in [0, 0.1) is 5.82 Å². The van der Waals surface area contributed by atoms with Gasteiger partial charge in [0, 0.05) is 20.1 Å². The van der Waals surface area contributed by atoms with Crippen LogP contribution >= 0.6 is 0 Å². The number of anilines is 2. The number of hydrogen-bond donors (Lipinski definition) is 1. The Labute approximate surface area is 113 Å². The van der Waals surface area contributed by atoms with E-state index >= 15 is 0 Å². The van der Waals surface area contributed by atoms with E-state index in [2.05, 4.69) is 28.3 Å². The van der Waals surface area contributed by atoms with Crippen molar-refractivity contribution in [2.24, 2.45) is 0 Å². The van der Waals surface area contributed by atoms with Gasteiger partial charge in [-0.2, -0.15) is 4.98 Å². The average molecular weight is 264 g/mol. The van der Waals surface area contributed by atoms with Gasteiger partial charge in [-0.15, -0.1) is 0 Å². The monoisotopic (exact) mass is 264 g/mol. The Morgan fingerprint density at radius 1 is 1.37 bits per heavy atom. The van der Waals surface area contributed by atoms with Gasteiger partial charge in [-0.25, -0.2) is 9.37 Å². The summed E-state index contributed by atoms with van der Waals surface area (Å²) in [5.74, 6) is 0.381. The first-order valence-electron chi connectivity index (χ1n) is 6.73. The third-order valence-corrected chi connectivity index (χ3v) is 3.38. The second kappa shape index (κ2) is 5.99. The van der Waals surface area contributed by atoms with E-state index in [4.69, 9.17) is 0 Å². The van der Waals surface area contributed by atoms with Crippen molar-refractivity contribution in [2.75, 3.05) is 24.3 Å². The van der Waals surface area contributed by atoms with Crippen LogP contribution in [0.4, 0.5) is 16.2 Å². The summed E-state index contributed by atoms with van der Waals surface area (Å²) in [6, 6.07) is 0.195. The lowest BCUT2D eigenvalue weighted by molar-refractivity contribution is 0.611. The van der Waals surface area contributed by atoms with Crippen LogP contribution in [0.15, 0.2) is 17.8 Å². The van der Waals surface area contributed by atoms with E-state index in [-0.39, 0.29) is 6.04 Å². The topological polar surface area (TPSA) is 41.1 Å². The van der Waals surface area contributed by atoms with Crippen LogP contribution in [0.25, 0.3) is 0 Å². The normalized spacial score (nSPS) is 16.7. The molecule has 0 saturated carbocycles. The Hall–Kier alpha value is -1.65. The molecule has 2 rings (SSSR count). The Morgan fingerprint density at radius 3 is 2.79 bits per heavy atom. The number of nitrogens with zero attached hydrogens (tertiary/aromatic N) is 3. The fraction of sp³-hybridized carbons (Fsp3) is 0.571. The first kappa shape index (κ1) is 13.8. The molecule has 1 atom stereocenters. The highest BCUT2D eigenvalue weighted by atomic mass is 19.1. The smallest absolute Gasteiger partial charge is 0.225 e. The van der Waals surface area contributed by atoms with E-state index in [9.17, 15) is 4.39 Å². The Morgan fingerprint density at radius 2 is 2.16 bits per heavy atom. The summed E-state index contributed by atoms with van der Waals surface area (Å²) in [6.45, 7) is 2.10. The number of allylic oxidation sites excluding steroid dienone is 1. The van der Waals surface area contributed by atoms with E-state index in [1.807, 2.05) is 0 Å². The van der Waals surface area contributed by atoms with Crippen molar-refractivity contribution in [3.8, 4) is 0 Å². The fourth-order valence-corrected chi connectivity index (χ4v) is 2.28. The van der Waals surface area contributed by atoms with Gasteiger partial charge in [0.1, 0.15) is 0 Å². The molecule has 104 valence electrons. The van der Waals surface area contributed by atoms with Gasteiger partial charge in [-0.3, -0.25) is 0 Å². The van der Waals surface area contributed by atoms with Crippen LogP contribution in [0.3, 0.4) is 0 Å². The lowest BCUT2D eigenvalue weighted by Crippen LogP contribution is -2.22. The van der Waals surface area contributed by atoms with Crippen LogP contribution in [-0.2, 0) is 0 Å². The van der Waals surface area contributed by atoms with E-state index < -0.39 is 5.82 Å². The predicted molar refractivity (Wildman–Crippen MR) is 76.0 cm³/mol. The largest absolute Gasteiger partial charge is 0.360 e. The number of rotatable bonds is 4. The predicted octanol–water partition coefficient (Wildman–Crippen LogP) is 2.98. The van der Waals surface area contributed by atoms with Crippen molar-refractivity contribution in [1.29, 1.82) is 0 Å². The molecule has 0 aliphatic heterocycles. The molecule has 0 radical (unpaired) electrons. The number of aromatic nitrogens is 2. The van der Waals surface area contributed by atoms with E-state index in [1.54, 1.807) is 19.0 Å². The summed E-state index contributed by atoms with van der Waals surface area (Å²) in [5, 5.41) is 3.25. The number of nitrogens with one attached hydrogen (secondary N) is 1. The molecule has 0 spiro atoms. The van der Waals surface area contributed by atoms with Crippen LogP contribution < -0.4 is 10.2 Å². The molecule has 1 aromatic rings. The zero-order valence-corrected chi connectivity index (χ0v) is 11.8. The summed E-state index contributed by atoms with van der Waals surface area (Å²) < 4.78 is 13.5. The second-order valence-electron chi connectivity index (χ2n) is 5.15. The molecule has 5 heteroatoms. The van der Waals surface area contributed by atoms with E-state index in [1.165, 1.54) is 24.6 Å². The highest BCUT2D eigenvalue weighted by Crippen LogP contribution is 2.22. The summed E-state index contributed by atoms with van der Waals surface area (Å²) in [7, 11) is 3.53. The second-order valence-corrected chi connectivity index (χ2v) is 5.15. The molecule has 0 fully saturated rings. The molecule has 0 saturated heterocycles. The van der Waals surface area contributed by atoms with Crippen LogP contribution in [0.2, 0.25) is 0 Å². The van der Waals surface area contributed by atoms with Gasteiger partial charge in [-0.1, -0.05) is 11.6 Å². The van der Waals surface area contributed by atoms with Gasteiger partial charge < -0.3 is 10.2 Å². The maximum absolute atomic E-state index is 13.5. The molecule has 1 heterocycles. The molecule has 0 unspecified atom stereocenters. The average Bonchev–Trinajstić information content (AvgIpc) is 2.41. The first-order valence-corrected chi connectivity index (χ1v) is 6.73. The van der Waals surface area contributed by atoms with Gasteiger partial charge in [-0.05, 0) is 32.6 Å². The number of halogens is 1. The quantitative estimate of drug-likeness (QED) is 0.849. The van der Waals surface area contributed by atoms with Crippen molar-refractivity contribution < 1.29 is 4.39 Å². The molecule has 4 nitrogen and oxygen atoms in total. The molecule has 1 aliphatic rings.